The van der Waals surface area contributed by atoms with Gasteiger partial charge in [0.1, 0.15) is 6.33 Å². The van der Waals surface area contributed by atoms with Crippen molar-refractivity contribution in [1.29, 1.82) is 0 Å². The van der Waals surface area contributed by atoms with E-state index in [4.69, 9.17) is 5.11 Å². The molecule has 0 fully saturated rings. The fraction of sp³-hybridized carbons (Fsp3) is 0.400. The molecule has 0 aliphatic heterocycles. The molecule has 0 radical (unpaired) electrons. The van der Waals surface area contributed by atoms with Crippen molar-refractivity contribution in [3.8, 4) is 11.4 Å². The van der Waals surface area contributed by atoms with Gasteiger partial charge in [-0.05, 0) is 32.9 Å². The highest BCUT2D eigenvalue weighted by molar-refractivity contribution is 5.93. The normalized spacial score (nSPS) is 12.2. The van der Waals surface area contributed by atoms with E-state index >= 15 is 0 Å². The number of amides is 2. The van der Waals surface area contributed by atoms with Gasteiger partial charge in [-0.25, -0.2) is 4.79 Å². The fourth-order valence-corrected chi connectivity index (χ4v) is 2.03. The van der Waals surface area contributed by atoms with Crippen LogP contribution in [0.5, 0.6) is 0 Å². The van der Waals surface area contributed by atoms with Gasteiger partial charge in [0, 0.05) is 11.6 Å². The Bertz CT molecular complexity index is 638. The number of aromatic nitrogens is 3. The molecular weight excluding hydrogens is 282 g/mol. The molecule has 0 saturated carbocycles. The zero-order valence-electron chi connectivity index (χ0n) is 12.9. The molecule has 0 saturated heterocycles. The van der Waals surface area contributed by atoms with Crippen molar-refractivity contribution < 1.29 is 9.90 Å². The third-order valence-corrected chi connectivity index (χ3v) is 3.20. The number of para-hydroxylation sites is 1. The van der Waals surface area contributed by atoms with Crippen LogP contribution in [0.1, 0.15) is 26.8 Å². The molecule has 0 bridgehead atoms. The number of hydrogen-bond acceptors (Lipinski definition) is 4. The van der Waals surface area contributed by atoms with E-state index in [0.29, 0.717) is 11.5 Å². The summed E-state index contributed by atoms with van der Waals surface area (Å²) in [5, 5.41) is 22.5. The summed E-state index contributed by atoms with van der Waals surface area (Å²) in [4.78, 5) is 11.9. The second-order valence-corrected chi connectivity index (χ2v) is 5.38. The number of anilines is 1. The van der Waals surface area contributed by atoms with Crippen LogP contribution in [0.15, 0.2) is 30.6 Å². The van der Waals surface area contributed by atoms with E-state index in [1.807, 2.05) is 36.6 Å². The summed E-state index contributed by atoms with van der Waals surface area (Å²) in [7, 11) is 0. The lowest BCUT2D eigenvalue weighted by atomic mass is 10.1. The molecule has 7 heteroatoms. The lowest BCUT2D eigenvalue weighted by Gasteiger charge is -2.15. The summed E-state index contributed by atoms with van der Waals surface area (Å²) >= 11 is 0. The van der Waals surface area contributed by atoms with Crippen molar-refractivity contribution >= 4 is 11.7 Å². The number of carbonyl (C=O) groups is 1. The smallest absolute Gasteiger partial charge is 0.319 e. The summed E-state index contributed by atoms with van der Waals surface area (Å²) in [6, 6.07) is 6.93. The summed E-state index contributed by atoms with van der Waals surface area (Å²) in [5.41, 5.74) is 1.43. The number of carbonyl (C=O) groups excluding carboxylic acids is 1. The second-order valence-electron chi connectivity index (χ2n) is 5.38. The van der Waals surface area contributed by atoms with E-state index in [9.17, 15) is 4.79 Å². The van der Waals surface area contributed by atoms with Gasteiger partial charge in [0.15, 0.2) is 5.82 Å². The van der Waals surface area contributed by atoms with Crippen LogP contribution in [0, 0.1) is 0 Å². The van der Waals surface area contributed by atoms with E-state index in [0.717, 1.165) is 5.56 Å². The number of hydrogen-bond donors (Lipinski definition) is 3. The lowest BCUT2D eigenvalue weighted by Crippen LogP contribution is -2.38. The van der Waals surface area contributed by atoms with Gasteiger partial charge >= 0.3 is 6.03 Å². The maximum atomic E-state index is 11.9. The third-order valence-electron chi connectivity index (χ3n) is 3.20. The van der Waals surface area contributed by atoms with Crippen molar-refractivity contribution in [2.75, 3.05) is 11.9 Å². The first-order valence-electron chi connectivity index (χ1n) is 7.20. The summed E-state index contributed by atoms with van der Waals surface area (Å²) in [6.45, 7) is 5.69. The monoisotopic (exact) mass is 303 g/mol. The van der Waals surface area contributed by atoms with Gasteiger partial charge < -0.3 is 20.3 Å². The molecular formula is C15H21N5O2. The van der Waals surface area contributed by atoms with Gasteiger partial charge in [0.05, 0.1) is 18.3 Å². The number of urea groups is 1. The SMILES string of the molecule is CC(C)n1cnnc1-c1ccccc1NC(=O)N[C@@H](C)CO. The molecule has 22 heavy (non-hydrogen) atoms. The summed E-state index contributed by atoms with van der Waals surface area (Å²) in [6.07, 6.45) is 1.67. The number of nitrogens with zero attached hydrogens (tertiary/aromatic N) is 3. The van der Waals surface area contributed by atoms with Crippen LogP contribution in [0.25, 0.3) is 11.4 Å². The van der Waals surface area contributed by atoms with Crippen LogP contribution in [-0.2, 0) is 0 Å². The molecule has 0 aliphatic rings. The molecule has 1 aromatic carbocycles. The molecule has 1 aromatic heterocycles. The molecule has 1 atom stereocenters. The van der Waals surface area contributed by atoms with Crippen molar-refractivity contribution in [2.24, 2.45) is 0 Å². The van der Waals surface area contributed by atoms with Gasteiger partial charge in [-0.2, -0.15) is 0 Å². The van der Waals surface area contributed by atoms with Crippen molar-refractivity contribution in [3.63, 3.8) is 0 Å². The van der Waals surface area contributed by atoms with Crippen LogP contribution in [0.2, 0.25) is 0 Å². The average Bonchev–Trinajstić information content (AvgIpc) is 2.97. The summed E-state index contributed by atoms with van der Waals surface area (Å²) < 4.78 is 1.94. The van der Waals surface area contributed by atoms with E-state index in [2.05, 4.69) is 20.8 Å². The highest BCUT2D eigenvalue weighted by atomic mass is 16.3. The van der Waals surface area contributed by atoms with E-state index in [-0.39, 0.29) is 24.7 Å². The number of benzene rings is 1. The highest BCUT2D eigenvalue weighted by Gasteiger charge is 2.15. The standard InChI is InChI=1S/C15H21N5O2/c1-10(2)20-9-16-19-14(20)12-6-4-5-7-13(12)18-15(22)17-11(3)8-21/h4-7,9-11,21H,8H2,1-3H3,(H2,17,18,22)/t11-/m0/s1. The van der Waals surface area contributed by atoms with Crippen LogP contribution in [-0.4, -0.2) is 38.6 Å². The molecule has 2 rings (SSSR count). The Kier molecular flexibility index (Phi) is 5.11. The molecule has 118 valence electrons. The Labute approximate surface area is 129 Å². The molecule has 7 nitrogen and oxygen atoms in total. The molecule has 0 aliphatic carbocycles. The lowest BCUT2D eigenvalue weighted by molar-refractivity contribution is 0.229. The van der Waals surface area contributed by atoms with Gasteiger partial charge in [-0.1, -0.05) is 12.1 Å². The molecule has 3 N–H and O–H groups in total. The number of aliphatic hydroxyl groups excluding tert-OH is 1. The molecule has 0 spiro atoms. The third kappa shape index (κ3) is 3.62. The van der Waals surface area contributed by atoms with E-state index in [1.165, 1.54) is 0 Å². The Morgan fingerprint density at radius 1 is 1.32 bits per heavy atom. The molecule has 0 unspecified atom stereocenters. The van der Waals surface area contributed by atoms with Crippen LogP contribution in [0.4, 0.5) is 10.5 Å². The number of aliphatic hydroxyl groups is 1. The first-order valence-corrected chi connectivity index (χ1v) is 7.20. The topological polar surface area (TPSA) is 92.1 Å². The Hall–Kier alpha value is -2.41. The van der Waals surface area contributed by atoms with Gasteiger partial charge in [-0.3, -0.25) is 0 Å². The quantitative estimate of drug-likeness (QED) is 0.788. The fourth-order valence-electron chi connectivity index (χ4n) is 2.03. The Morgan fingerprint density at radius 3 is 2.73 bits per heavy atom. The predicted molar refractivity (Wildman–Crippen MR) is 84.5 cm³/mol. The predicted octanol–water partition coefficient (Wildman–Crippen LogP) is 2.03. The second kappa shape index (κ2) is 7.04. The number of nitrogens with one attached hydrogen (secondary N) is 2. The first-order chi connectivity index (χ1) is 10.5. The maximum Gasteiger partial charge on any atom is 0.319 e. The zero-order chi connectivity index (χ0) is 16.1. The van der Waals surface area contributed by atoms with Gasteiger partial charge in [0.25, 0.3) is 0 Å². The summed E-state index contributed by atoms with van der Waals surface area (Å²) in [5.74, 6) is 0.695. The largest absolute Gasteiger partial charge is 0.394 e. The number of rotatable bonds is 5. The molecule has 2 amide bonds. The van der Waals surface area contributed by atoms with Crippen LogP contribution in [0.3, 0.4) is 0 Å². The highest BCUT2D eigenvalue weighted by Crippen LogP contribution is 2.27. The van der Waals surface area contributed by atoms with Crippen molar-refractivity contribution in [3.05, 3.63) is 30.6 Å². The van der Waals surface area contributed by atoms with Crippen molar-refractivity contribution in [2.45, 2.75) is 32.9 Å². The van der Waals surface area contributed by atoms with Gasteiger partial charge in [0.2, 0.25) is 0 Å². The van der Waals surface area contributed by atoms with E-state index in [1.54, 1.807) is 19.3 Å². The minimum atomic E-state index is -0.371. The average molecular weight is 303 g/mol. The maximum absolute atomic E-state index is 11.9. The minimum Gasteiger partial charge on any atom is -0.394 e. The zero-order valence-corrected chi connectivity index (χ0v) is 12.9. The van der Waals surface area contributed by atoms with Crippen molar-refractivity contribution in [1.82, 2.24) is 20.1 Å². The molecule has 1 heterocycles. The first kappa shape index (κ1) is 16.0. The van der Waals surface area contributed by atoms with Gasteiger partial charge in [-0.15, -0.1) is 10.2 Å². The van der Waals surface area contributed by atoms with Crippen LogP contribution >= 0.6 is 0 Å². The Balaban J connectivity index is 2.27. The Morgan fingerprint density at radius 2 is 2.05 bits per heavy atom. The minimum absolute atomic E-state index is 0.114. The molecule has 2 aromatic rings. The van der Waals surface area contributed by atoms with Crippen LogP contribution < -0.4 is 10.6 Å². The van der Waals surface area contributed by atoms with E-state index < -0.39 is 0 Å².